The van der Waals surface area contributed by atoms with Crippen LogP contribution in [0.4, 0.5) is 0 Å². The molecular formula is C17H20O7. The lowest BCUT2D eigenvalue weighted by molar-refractivity contribution is -0.132. The van der Waals surface area contributed by atoms with E-state index in [0.717, 1.165) is 5.57 Å². The number of hydrogen-bond donors (Lipinski definition) is 0. The van der Waals surface area contributed by atoms with Gasteiger partial charge >= 0.3 is 17.9 Å². The van der Waals surface area contributed by atoms with E-state index in [1.165, 1.54) is 33.1 Å². The Morgan fingerprint density at radius 2 is 1.50 bits per heavy atom. The Morgan fingerprint density at radius 1 is 1.00 bits per heavy atom. The number of rotatable bonds is 6. The van der Waals surface area contributed by atoms with E-state index in [-0.39, 0.29) is 29.4 Å². The lowest BCUT2D eigenvalue weighted by atomic mass is 10.1. The maximum atomic E-state index is 11.8. The molecule has 0 aliphatic rings. The van der Waals surface area contributed by atoms with Gasteiger partial charge in [0, 0.05) is 13.8 Å². The second-order valence-electron chi connectivity index (χ2n) is 4.90. The van der Waals surface area contributed by atoms with E-state index in [2.05, 4.69) is 4.74 Å². The summed E-state index contributed by atoms with van der Waals surface area (Å²) in [5, 5.41) is 0. The second-order valence-corrected chi connectivity index (χ2v) is 4.90. The minimum atomic E-state index is -0.673. The van der Waals surface area contributed by atoms with E-state index < -0.39 is 17.9 Å². The highest BCUT2D eigenvalue weighted by molar-refractivity contribution is 5.91. The van der Waals surface area contributed by atoms with Crippen molar-refractivity contribution in [2.24, 2.45) is 0 Å². The Kier molecular flexibility index (Phi) is 6.98. The van der Waals surface area contributed by atoms with Crippen molar-refractivity contribution < 1.29 is 33.3 Å². The molecule has 0 amide bonds. The van der Waals surface area contributed by atoms with Crippen LogP contribution in [0.3, 0.4) is 0 Å². The Morgan fingerprint density at radius 3 is 1.88 bits per heavy atom. The summed E-state index contributed by atoms with van der Waals surface area (Å²) in [6.07, 6.45) is 1.85. The Bertz CT molecular complexity index is 637. The number of carbonyl (C=O) groups is 3. The molecule has 0 N–H and O–H groups in total. The molecule has 130 valence electrons. The molecule has 0 saturated heterocycles. The van der Waals surface area contributed by atoms with Crippen LogP contribution in [0.15, 0.2) is 23.8 Å². The van der Waals surface area contributed by atoms with Crippen LogP contribution < -0.4 is 14.2 Å². The Hall–Kier alpha value is -2.83. The molecule has 0 aromatic heterocycles. The van der Waals surface area contributed by atoms with E-state index in [0.29, 0.717) is 0 Å². The number of benzene rings is 1. The summed E-state index contributed by atoms with van der Waals surface area (Å²) in [5.41, 5.74) is 0.967. The normalized spacial score (nSPS) is 10.8. The summed E-state index contributed by atoms with van der Waals surface area (Å²) in [7, 11) is 1.21. The van der Waals surface area contributed by atoms with Gasteiger partial charge in [-0.15, -0.1) is 0 Å². The average Bonchev–Trinajstić information content (AvgIpc) is 2.51. The van der Waals surface area contributed by atoms with Gasteiger partial charge in [-0.2, -0.15) is 0 Å². The van der Waals surface area contributed by atoms with Crippen molar-refractivity contribution in [3.05, 3.63) is 29.3 Å². The first kappa shape index (κ1) is 19.2. The van der Waals surface area contributed by atoms with Crippen LogP contribution in [-0.2, 0) is 14.3 Å². The summed E-state index contributed by atoms with van der Waals surface area (Å²) in [4.78, 5) is 34.4. The van der Waals surface area contributed by atoms with Gasteiger partial charge in [0.15, 0.2) is 11.5 Å². The van der Waals surface area contributed by atoms with Crippen molar-refractivity contribution >= 4 is 17.9 Å². The molecule has 1 aromatic carbocycles. The van der Waals surface area contributed by atoms with Gasteiger partial charge in [0.2, 0.25) is 5.75 Å². The van der Waals surface area contributed by atoms with Crippen molar-refractivity contribution in [1.82, 2.24) is 0 Å². The molecule has 1 aromatic rings. The third kappa shape index (κ3) is 5.42. The molecular weight excluding hydrogens is 316 g/mol. The van der Waals surface area contributed by atoms with Crippen LogP contribution >= 0.6 is 0 Å². The SMILES string of the molecule is C/C=C(\C)COc1c(OC(C)=O)cc(C(=O)OC)cc1OC(C)=O. The summed E-state index contributed by atoms with van der Waals surface area (Å²) in [6, 6.07) is 2.58. The van der Waals surface area contributed by atoms with Gasteiger partial charge in [-0.05, 0) is 31.6 Å². The number of carbonyl (C=O) groups excluding carboxylic acids is 3. The fraction of sp³-hybridized carbons (Fsp3) is 0.353. The predicted octanol–water partition coefficient (Wildman–Crippen LogP) is 2.67. The zero-order valence-electron chi connectivity index (χ0n) is 14.3. The van der Waals surface area contributed by atoms with Crippen LogP contribution in [0.1, 0.15) is 38.1 Å². The quantitative estimate of drug-likeness (QED) is 0.448. The molecule has 0 spiro atoms. The van der Waals surface area contributed by atoms with Crippen molar-refractivity contribution in [2.75, 3.05) is 13.7 Å². The highest BCUT2D eigenvalue weighted by Gasteiger charge is 2.21. The summed E-state index contributed by atoms with van der Waals surface area (Å²) in [6.45, 7) is 6.30. The first-order chi connectivity index (χ1) is 11.3. The molecule has 7 nitrogen and oxygen atoms in total. The van der Waals surface area contributed by atoms with Gasteiger partial charge in [0.05, 0.1) is 12.7 Å². The Balaban J connectivity index is 3.43. The maximum Gasteiger partial charge on any atom is 0.338 e. The lowest BCUT2D eigenvalue weighted by Gasteiger charge is -2.16. The topological polar surface area (TPSA) is 88.1 Å². The van der Waals surface area contributed by atoms with E-state index in [4.69, 9.17) is 14.2 Å². The standard InChI is InChI=1S/C17H20O7/c1-6-10(2)9-22-16-14(23-11(3)18)7-13(17(20)21-5)8-15(16)24-12(4)19/h6-8H,9H2,1-5H3/b10-6+. The molecule has 1 rings (SSSR count). The number of ether oxygens (including phenoxy) is 4. The smallest absolute Gasteiger partial charge is 0.338 e. The molecule has 0 atom stereocenters. The summed E-state index contributed by atoms with van der Waals surface area (Å²) < 4.78 is 20.4. The summed E-state index contributed by atoms with van der Waals surface area (Å²) >= 11 is 0. The van der Waals surface area contributed by atoms with Crippen molar-refractivity contribution in [3.63, 3.8) is 0 Å². The highest BCUT2D eigenvalue weighted by Crippen LogP contribution is 2.39. The molecule has 7 heteroatoms. The summed E-state index contributed by atoms with van der Waals surface area (Å²) in [5.74, 6) is -1.92. The zero-order chi connectivity index (χ0) is 18.3. The van der Waals surface area contributed by atoms with Crippen molar-refractivity contribution in [3.8, 4) is 17.2 Å². The van der Waals surface area contributed by atoms with Crippen LogP contribution in [-0.4, -0.2) is 31.6 Å². The van der Waals surface area contributed by atoms with Crippen LogP contribution in [0.2, 0.25) is 0 Å². The van der Waals surface area contributed by atoms with Crippen LogP contribution in [0.5, 0.6) is 17.2 Å². The number of methoxy groups -OCH3 is 1. The molecule has 24 heavy (non-hydrogen) atoms. The fourth-order valence-corrected chi connectivity index (χ4v) is 1.69. The molecule has 0 aliphatic carbocycles. The number of hydrogen-bond acceptors (Lipinski definition) is 7. The molecule has 0 aliphatic heterocycles. The van der Waals surface area contributed by atoms with E-state index >= 15 is 0 Å². The van der Waals surface area contributed by atoms with Crippen LogP contribution in [0.25, 0.3) is 0 Å². The Labute approximate surface area is 140 Å². The largest absolute Gasteiger partial charge is 0.482 e. The highest BCUT2D eigenvalue weighted by atomic mass is 16.6. The molecule has 0 bridgehead atoms. The second kappa shape index (κ2) is 8.71. The first-order valence-electron chi connectivity index (χ1n) is 7.16. The van der Waals surface area contributed by atoms with E-state index in [9.17, 15) is 14.4 Å². The van der Waals surface area contributed by atoms with Gasteiger partial charge in [0.25, 0.3) is 0 Å². The van der Waals surface area contributed by atoms with Crippen LogP contribution in [0, 0.1) is 0 Å². The minimum Gasteiger partial charge on any atom is -0.482 e. The molecule has 0 unspecified atom stereocenters. The fourth-order valence-electron chi connectivity index (χ4n) is 1.69. The van der Waals surface area contributed by atoms with Crippen molar-refractivity contribution in [2.45, 2.75) is 27.7 Å². The minimum absolute atomic E-state index is 0.0365. The lowest BCUT2D eigenvalue weighted by Crippen LogP contribution is -2.11. The van der Waals surface area contributed by atoms with E-state index in [1.807, 2.05) is 19.9 Å². The van der Waals surface area contributed by atoms with Gasteiger partial charge in [0.1, 0.15) is 6.61 Å². The number of esters is 3. The van der Waals surface area contributed by atoms with Gasteiger partial charge < -0.3 is 18.9 Å². The van der Waals surface area contributed by atoms with Crippen molar-refractivity contribution in [1.29, 1.82) is 0 Å². The molecule has 0 heterocycles. The third-order valence-corrected chi connectivity index (χ3v) is 2.89. The molecule has 0 fully saturated rings. The molecule has 0 saturated carbocycles. The number of allylic oxidation sites excluding steroid dienone is 1. The zero-order valence-corrected chi connectivity index (χ0v) is 14.3. The first-order valence-corrected chi connectivity index (χ1v) is 7.16. The maximum absolute atomic E-state index is 11.8. The van der Waals surface area contributed by atoms with Gasteiger partial charge in [-0.3, -0.25) is 9.59 Å². The van der Waals surface area contributed by atoms with Gasteiger partial charge in [-0.25, -0.2) is 4.79 Å². The van der Waals surface area contributed by atoms with Gasteiger partial charge in [-0.1, -0.05) is 6.08 Å². The predicted molar refractivity (Wildman–Crippen MR) is 85.3 cm³/mol. The third-order valence-electron chi connectivity index (χ3n) is 2.89. The molecule has 0 radical (unpaired) electrons. The average molecular weight is 336 g/mol. The monoisotopic (exact) mass is 336 g/mol. The van der Waals surface area contributed by atoms with E-state index in [1.54, 1.807) is 0 Å².